The molecule has 0 aliphatic heterocycles. The average Bonchev–Trinajstić information content (AvgIpc) is 2.41. The molecule has 18 heavy (non-hydrogen) atoms. The third kappa shape index (κ3) is 5.87. The molecule has 1 aromatic heterocycles. The van der Waals surface area contributed by atoms with Crippen molar-refractivity contribution in [3.63, 3.8) is 0 Å². The number of hydrogen-bond donors (Lipinski definition) is 1. The van der Waals surface area contributed by atoms with Crippen LogP contribution < -0.4 is 5.32 Å². The number of aromatic nitrogens is 1. The Morgan fingerprint density at radius 1 is 1.28 bits per heavy atom. The highest BCUT2D eigenvalue weighted by Gasteiger charge is 2.05. The molecule has 0 radical (unpaired) electrons. The van der Waals surface area contributed by atoms with Gasteiger partial charge in [-0.2, -0.15) is 0 Å². The lowest BCUT2D eigenvalue weighted by Gasteiger charge is -2.14. The quantitative estimate of drug-likeness (QED) is 0.529. The molecule has 2 nitrogen and oxygen atoms in total. The number of nitrogens with zero attached hydrogens (tertiary/aromatic N) is 1. The molecule has 0 fully saturated rings. The Morgan fingerprint density at radius 3 is 2.83 bits per heavy atom. The minimum Gasteiger partial charge on any atom is -0.310 e. The molecule has 1 atom stereocenters. The Kier molecular flexibility index (Phi) is 8.10. The van der Waals surface area contributed by atoms with E-state index in [0.717, 1.165) is 11.6 Å². The first-order valence-electron chi connectivity index (χ1n) is 7.10. The monoisotopic (exact) mass is 266 g/mol. The Balaban J connectivity index is 2.45. The van der Waals surface area contributed by atoms with E-state index in [-0.39, 0.29) is 0 Å². The molecule has 0 aliphatic carbocycles. The van der Waals surface area contributed by atoms with E-state index in [1.54, 1.807) is 0 Å². The van der Waals surface area contributed by atoms with Crippen molar-refractivity contribution in [2.24, 2.45) is 0 Å². The molecule has 0 aromatic carbocycles. The first-order valence-corrected chi connectivity index (χ1v) is 8.08. The highest BCUT2D eigenvalue weighted by Crippen LogP contribution is 2.21. The first kappa shape index (κ1) is 15.5. The van der Waals surface area contributed by atoms with Crippen LogP contribution >= 0.6 is 11.8 Å². The van der Waals surface area contributed by atoms with Crippen LogP contribution in [0.25, 0.3) is 0 Å². The summed E-state index contributed by atoms with van der Waals surface area (Å²) in [6.45, 7) is 7.73. The zero-order valence-electron chi connectivity index (χ0n) is 11.9. The van der Waals surface area contributed by atoms with E-state index in [1.165, 1.54) is 37.0 Å². The molecule has 102 valence electrons. The van der Waals surface area contributed by atoms with Crippen molar-refractivity contribution in [3.8, 4) is 0 Å². The van der Waals surface area contributed by atoms with Gasteiger partial charge in [0.15, 0.2) is 0 Å². The summed E-state index contributed by atoms with van der Waals surface area (Å²) in [6.07, 6.45) is 7.00. The van der Waals surface area contributed by atoms with E-state index in [9.17, 15) is 0 Å². The molecule has 1 unspecified atom stereocenters. The third-order valence-corrected chi connectivity index (χ3v) is 3.97. The van der Waals surface area contributed by atoms with Crippen LogP contribution in [0, 0.1) is 0 Å². The average molecular weight is 266 g/mol. The minimum absolute atomic E-state index is 0.419. The summed E-state index contributed by atoms with van der Waals surface area (Å²) in [5.74, 6) is 1.18. The topological polar surface area (TPSA) is 24.9 Å². The van der Waals surface area contributed by atoms with Gasteiger partial charge in [-0.25, -0.2) is 4.98 Å². The number of nitrogens with one attached hydrogen (secondary N) is 1. The zero-order chi connectivity index (χ0) is 13.2. The van der Waals surface area contributed by atoms with Gasteiger partial charge >= 0.3 is 0 Å². The zero-order valence-corrected chi connectivity index (χ0v) is 12.7. The summed E-state index contributed by atoms with van der Waals surface area (Å²) in [6, 6.07) is 4.76. The van der Waals surface area contributed by atoms with Gasteiger partial charge in [0.05, 0.1) is 5.03 Å². The summed E-state index contributed by atoms with van der Waals surface area (Å²) in [4.78, 5) is 4.43. The fourth-order valence-electron chi connectivity index (χ4n) is 1.78. The van der Waals surface area contributed by atoms with Crippen LogP contribution in [0.15, 0.2) is 23.4 Å². The highest BCUT2D eigenvalue weighted by molar-refractivity contribution is 7.99. The number of unbranched alkanes of at least 4 members (excludes halogenated alkanes) is 2. The van der Waals surface area contributed by atoms with Gasteiger partial charge in [0.25, 0.3) is 0 Å². The summed E-state index contributed by atoms with van der Waals surface area (Å²) in [5.41, 5.74) is 1.34. The third-order valence-electron chi connectivity index (χ3n) is 2.96. The van der Waals surface area contributed by atoms with Crippen LogP contribution in [-0.2, 0) is 0 Å². The fraction of sp³-hybridized carbons (Fsp3) is 0.667. The van der Waals surface area contributed by atoms with Crippen LogP contribution in [0.5, 0.6) is 0 Å². The van der Waals surface area contributed by atoms with Crippen molar-refractivity contribution in [2.45, 2.75) is 57.5 Å². The van der Waals surface area contributed by atoms with Crippen LogP contribution in [0.3, 0.4) is 0 Å². The Morgan fingerprint density at radius 2 is 2.11 bits per heavy atom. The lowest BCUT2D eigenvalue weighted by atomic mass is 10.1. The second kappa shape index (κ2) is 9.40. The number of thioether (sulfide) groups is 1. The standard InChI is InChI=1S/C15H26N2S/c1-4-6-7-11-18-15-12-14(8-10-17-15)13(3)16-9-5-2/h8,10,12-13,16H,4-7,9,11H2,1-3H3. The first-order chi connectivity index (χ1) is 8.77. The van der Waals surface area contributed by atoms with Crippen molar-refractivity contribution in [1.82, 2.24) is 10.3 Å². The SMILES string of the molecule is CCCCCSc1cc(C(C)NCCC)ccn1. The molecule has 0 saturated heterocycles. The molecular formula is C15H26N2S. The second-order valence-electron chi connectivity index (χ2n) is 4.66. The Bertz CT molecular complexity index is 328. The van der Waals surface area contributed by atoms with Crippen molar-refractivity contribution in [1.29, 1.82) is 0 Å². The van der Waals surface area contributed by atoms with Gasteiger partial charge in [-0.3, -0.25) is 0 Å². The molecule has 3 heteroatoms. The van der Waals surface area contributed by atoms with E-state index in [1.807, 2.05) is 18.0 Å². The van der Waals surface area contributed by atoms with Gasteiger partial charge in [0, 0.05) is 12.2 Å². The van der Waals surface area contributed by atoms with Crippen LogP contribution in [0.4, 0.5) is 0 Å². The van der Waals surface area contributed by atoms with Gasteiger partial charge in [0.2, 0.25) is 0 Å². The largest absolute Gasteiger partial charge is 0.310 e. The van der Waals surface area contributed by atoms with E-state index in [2.05, 4.69) is 43.2 Å². The lowest BCUT2D eigenvalue weighted by molar-refractivity contribution is 0.569. The van der Waals surface area contributed by atoms with E-state index >= 15 is 0 Å². The molecule has 1 N–H and O–H groups in total. The van der Waals surface area contributed by atoms with Gasteiger partial charge in [-0.15, -0.1) is 11.8 Å². The fourth-order valence-corrected chi connectivity index (χ4v) is 2.69. The molecular weight excluding hydrogens is 240 g/mol. The van der Waals surface area contributed by atoms with Gasteiger partial charge in [-0.05, 0) is 49.8 Å². The van der Waals surface area contributed by atoms with Crippen LogP contribution in [-0.4, -0.2) is 17.3 Å². The maximum absolute atomic E-state index is 4.43. The lowest BCUT2D eigenvalue weighted by Crippen LogP contribution is -2.19. The van der Waals surface area contributed by atoms with E-state index < -0.39 is 0 Å². The van der Waals surface area contributed by atoms with E-state index in [4.69, 9.17) is 0 Å². The number of pyridine rings is 1. The maximum Gasteiger partial charge on any atom is 0.0963 e. The van der Waals surface area contributed by atoms with Crippen molar-refractivity contribution in [2.75, 3.05) is 12.3 Å². The Labute approximate surface area is 116 Å². The van der Waals surface area contributed by atoms with Gasteiger partial charge < -0.3 is 5.32 Å². The molecule has 0 aliphatic rings. The Hall–Kier alpha value is -0.540. The molecule has 1 rings (SSSR count). The van der Waals surface area contributed by atoms with Crippen molar-refractivity contribution < 1.29 is 0 Å². The van der Waals surface area contributed by atoms with Gasteiger partial charge in [-0.1, -0.05) is 26.7 Å². The molecule has 0 saturated carbocycles. The van der Waals surface area contributed by atoms with Gasteiger partial charge in [0.1, 0.15) is 0 Å². The summed E-state index contributed by atoms with van der Waals surface area (Å²) in [7, 11) is 0. The summed E-state index contributed by atoms with van der Waals surface area (Å²) < 4.78 is 0. The van der Waals surface area contributed by atoms with Crippen LogP contribution in [0.1, 0.15) is 58.1 Å². The number of hydrogen-bond acceptors (Lipinski definition) is 3. The molecule has 1 aromatic rings. The number of rotatable bonds is 9. The van der Waals surface area contributed by atoms with Crippen molar-refractivity contribution >= 4 is 11.8 Å². The second-order valence-corrected chi connectivity index (χ2v) is 5.77. The minimum atomic E-state index is 0.419. The maximum atomic E-state index is 4.43. The predicted octanol–water partition coefficient (Wildman–Crippen LogP) is 4.42. The predicted molar refractivity (Wildman–Crippen MR) is 81.2 cm³/mol. The molecule has 1 heterocycles. The van der Waals surface area contributed by atoms with E-state index in [0.29, 0.717) is 6.04 Å². The highest BCUT2D eigenvalue weighted by atomic mass is 32.2. The van der Waals surface area contributed by atoms with Crippen LogP contribution in [0.2, 0.25) is 0 Å². The summed E-state index contributed by atoms with van der Waals surface area (Å²) >= 11 is 1.88. The van der Waals surface area contributed by atoms with Crippen molar-refractivity contribution in [3.05, 3.63) is 23.9 Å². The molecule has 0 bridgehead atoms. The summed E-state index contributed by atoms with van der Waals surface area (Å²) in [5, 5.41) is 4.68. The molecule has 0 amide bonds. The normalized spacial score (nSPS) is 12.6. The smallest absolute Gasteiger partial charge is 0.0963 e. The molecule has 0 spiro atoms.